The van der Waals surface area contributed by atoms with E-state index in [2.05, 4.69) is 16.9 Å². The maximum atomic E-state index is 12.9. The van der Waals surface area contributed by atoms with Gasteiger partial charge >= 0.3 is 5.97 Å². The predicted octanol–water partition coefficient (Wildman–Crippen LogP) is 3.12. The molecule has 5 heteroatoms. The van der Waals surface area contributed by atoms with Gasteiger partial charge in [0, 0.05) is 18.5 Å². The second-order valence-corrected chi connectivity index (χ2v) is 6.26. The van der Waals surface area contributed by atoms with Crippen molar-refractivity contribution in [3.8, 4) is 5.75 Å². The molecular formula is C21H23NO4. The largest absolute Gasteiger partial charge is 0.496 e. The summed E-state index contributed by atoms with van der Waals surface area (Å²) >= 11 is 0. The number of carbonyl (C=O) groups excluding carboxylic acids is 2. The van der Waals surface area contributed by atoms with Gasteiger partial charge in [-0.1, -0.05) is 42.5 Å². The Morgan fingerprint density at radius 1 is 1.00 bits per heavy atom. The lowest BCUT2D eigenvalue weighted by Crippen LogP contribution is -2.40. The van der Waals surface area contributed by atoms with E-state index >= 15 is 0 Å². The quantitative estimate of drug-likeness (QED) is 0.775. The first-order valence-electron chi connectivity index (χ1n) is 8.72. The second kappa shape index (κ2) is 8.04. The standard InChI is InChI=1S/C21H23NO4/c1-25-18-10-6-5-9-17(18)21-16-8-4-3-7-15(16)13-14-22(21)19(23)11-12-20(24)26-2/h3-10,21H,11-14H2,1-2H3. The first-order chi connectivity index (χ1) is 12.7. The van der Waals surface area contributed by atoms with Crippen molar-refractivity contribution in [2.75, 3.05) is 20.8 Å². The summed E-state index contributed by atoms with van der Waals surface area (Å²) in [6.45, 7) is 0.611. The molecule has 0 N–H and O–H groups in total. The van der Waals surface area contributed by atoms with Crippen LogP contribution in [0.3, 0.4) is 0 Å². The van der Waals surface area contributed by atoms with Gasteiger partial charge in [-0.2, -0.15) is 0 Å². The minimum absolute atomic E-state index is 0.0548. The molecule has 1 aliphatic rings. The van der Waals surface area contributed by atoms with Crippen molar-refractivity contribution in [1.82, 2.24) is 4.90 Å². The molecule has 0 fully saturated rings. The third-order valence-electron chi connectivity index (χ3n) is 4.81. The Balaban J connectivity index is 1.98. The van der Waals surface area contributed by atoms with Gasteiger partial charge < -0.3 is 14.4 Å². The molecule has 0 bridgehead atoms. The molecule has 0 saturated heterocycles. The first-order valence-corrected chi connectivity index (χ1v) is 8.72. The summed E-state index contributed by atoms with van der Waals surface area (Å²) in [5.74, 6) is 0.324. The smallest absolute Gasteiger partial charge is 0.306 e. The Hall–Kier alpha value is -2.82. The van der Waals surface area contributed by atoms with Crippen LogP contribution >= 0.6 is 0 Å². The summed E-state index contributed by atoms with van der Waals surface area (Å²) in [7, 11) is 2.97. The SMILES string of the molecule is COC(=O)CCC(=O)N1CCc2ccccc2C1c1ccccc1OC. The number of hydrogen-bond acceptors (Lipinski definition) is 4. The number of amides is 1. The first kappa shape index (κ1) is 18.0. The molecule has 2 aromatic carbocycles. The van der Waals surface area contributed by atoms with Gasteiger partial charge in [0.2, 0.25) is 5.91 Å². The zero-order valence-corrected chi connectivity index (χ0v) is 15.1. The van der Waals surface area contributed by atoms with Crippen LogP contribution in [-0.2, 0) is 20.7 Å². The monoisotopic (exact) mass is 353 g/mol. The minimum Gasteiger partial charge on any atom is -0.496 e. The van der Waals surface area contributed by atoms with Crippen molar-refractivity contribution in [1.29, 1.82) is 0 Å². The van der Waals surface area contributed by atoms with Gasteiger partial charge in [0.25, 0.3) is 0 Å². The van der Waals surface area contributed by atoms with E-state index in [1.165, 1.54) is 12.7 Å². The summed E-state index contributed by atoms with van der Waals surface area (Å²) in [6.07, 6.45) is 1.03. The Morgan fingerprint density at radius 2 is 1.69 bits per heavy atom. The fourth-order valence-electron chi connectivity index (χ4n) is 3.52. The molecule has 3 rings (SSSR count). The molecule has 1 heterocycles. The molecular weight excluding hydrogens is 330 g/mol. The van der Waals surface area contributed by atoms with E-state index < -0.39 is 0 Å². The van der Waals surface area contributed by atoms with Gasteiger partial charge in [0.05, 0.1) is 26.7 Å². The zero-order chi connectivity index (χ0) is 18.5. The highest BCUT2D eigenvalue weighted by atomic mass is 16.5. The van der Waals surface area contributed by atoms with Crippen molar-refractivity contribution in [2.24, 2.45) is 0 Å². The summed E-state index contributed by atoms with van der Waals surface area (Å²) in [5.41, 5.74) is 3.30. The number of hydrogen-bond donors (Lipinski definition) is 0. The van der Waals surface area contributed by atoms with Crippen molar-refractivity contribution < 1.29 is 19.1 Å². The summed E-state index contributed by atoms with van der Waals surface area (Å²) in [6, 6.07) is 15.7. The van der Waals surface area contributed by atoms with E-state index in [4.69, 9.17) is 4.74 Å². The number of fused-ring (bicyclic) bond motifs is 1. The van der Waals surface area contributed by atoms with Gasteiger partial charge in [0.1, 0.15) is 5.75 Å². The highest BCUT2D eigenvalue weighted by molar-refractivity contribution is 5.82. The lowest BCUT2D eigenvalue weighted by Gasteiger charge is -2.38. The average molecular weight is 353 g/mol. The highest BCUT2D eigenvalue weighted by Gasteiger charge is 2.33. The molecule has 1 amide bonds. The van der Waals surface area contributed by atoms with Gasteiger partial charge in [-0.15, -0.1) is 0 Å². The Kier molecular flexibility index (Phi) is 5.56. The van der Waals surface area contributed by atoms with Crippen LogP contribution in [0.2, 0.25) is 0 Å². The highest BCUT2D eigenvalue weighted by Crippen LogP contribution is 2.39. The molecule has 2 aromatic rings. The predicted molar refractivity (Wildman–Crippen MR) is 97.9 cm³/mol. The number of carbonyl (C=O) groups is 2. The van der Waals surface area contributed by atoms with Crippen LogP contribution in [0.15, 0.2) is 48.5 Å². The molecule has 5 nitrogen and oxygen atoms in total. The van der Waals surface area contributed by atoms with Crippen LogP contribution in [0.4, 0.5) is 0 Å². The Morgan fingerprint density at radius 3 is 2.42 bits per heavy atom. The number of benzene rings is 2. The summed E-state index contributed by atoms with van der Waals surface area (Å²) in [4.78, 5) is 26.2. The van der Waals surface area contributed by atoms with Crippen molar-refractivity contribution in [3.05, 3.63) is 65.2 Å². The number of para-hydroxylation sites is 1. The molecule has 1 unspecified atom stereocenters. The number of ether oxygens (including phenoxy) is 2. The maximum absolute atomic E-state index is 12.9. The summed E-state index contributed by atoms with van der Waals surface area (Å²) in [5, 5.41) is 0. The van der Waals surface area contributed by atoms with Crippen LogP contribution in [0.5, 0.6) is 5.75 Å². The number of nitrogens with zero attached hydrogens (tertiary/aromatic N) is 1. The fraction of sp³-hybridized carbons (Fsp3) is 0.333. The summed E-state index contributed by atoms with van der Waals surface area (Å²) < 4.78 is 10.2. The fourth-order valence-corrected chi connectivity index (χ4v) is 3.52. The van der Waals surface area contributed by atoms with Gasteiger partial charge in [-0.05, 0) is 23.6 Å². The lowest BCUT2D eigenvalue weighted by atomic mass is 9.87. The molecule has 0 radical (unpaired) electrons. The minimum atomic E-state index is -0.371. The molecule has 1 atom stereocenters. The van der Waals surface area contributed by atoms with Crippen LogP contribution in [0.1, 0.15) is 35.6 Å². The van der Waals surface area contributed by atoms with Crippen molar-refractivity contribution in [3.63, 3.8) is 0 Å². The molecule has 136 valence electrons. The van der Waals surface area contributed by atoms with Crippen LogP contribution < -0.4 is 4.74 Å². The van der Waals surface area contributed by atoms with E-state index in [0.29, 0.717) is 6.54 Å². The van der Waals surface area contributed by atoms with Crippen LogP contribution in [-0.4, -0.2) is 37.5 Å². The lowest BCUT2D eigenvalue weighted by molar-refractivity contribution is -0.144. The molecule has 0 aromatic heterocycles. The Labute approximate surface area is 153 Å². The van der Waals surface area contributed by atoms with Crippen molar-refractivity contribution >= 4 is 11.9 Å². The maximum Gasteiger partial charge on any atom is 0.306 e. The number of methoxy groups -OCH3 is 2. The Bertz CT molecular complexity index is 802. The van der Waals surface area contributed by atoms with E-state index in [0.717, 1.165) is 23.3 Å². The van der Waals surface area contributed by atoms with E-state index in [-0.39, 0.29) is 30.8 Å². The van der Waals surface area contributed by atoms with Gasteiger partial charge in [0.15, 0.2) is 0 Å². The topological polar surface area (TPSA) is 55.8 Å². The molecule has 1 aliphatic heterocycles. The van der Waals surface area contributed by atoms with Gasteiger partial charge in [-0.25, -0.2) is 0 Å². The molecule has 0 spiro atoms. The van der Waals surface area contributed by atoms with E-state index in [1.807, 2.05) is 41.3 Å². The third-order valence-corrected chi connectivity index (χ3v) is 4.81. The normalized spacial score (nSPS) is 15.9. The number of esters is 1. The zero-order valence-electron chi connectivity index (χ0n) is 15.1. The van der Waals surface area contributed by atoms with E-state index in [9.17, 15) is 9.59 Å². The average Bonchev–Trinajstić information content (AvgIpc) is 2.70. The second-order valence-electron chi connectivity index (χ2n) is 6.26. The third kappa shape index (κ3) is 3.57. The van der Waals surface area contributed by atoms with Crippen LogP contribution in [0.25, 0.3) is 0 Å². The number of rotatable bonds is 5. The van der Waals surface area contributed by atoms with Crippen molar-refractivity contribution in [2.45, 2.75) is 25.3 Å². The van der Waals surface area contributed by atoms with E-state index in [1.54, 1.807) is 7.11 Å². The molecule has 26 heavy (non-hydrogen) atoms. The molecule has 0 saturated carbocycles. The molecule has 0 aliphatic carbocycles. The van der Waals surface area contributed by atoms with Gasteiger partial charge in [-0.3, -0.25) is 9.59 Å². The van der Waals surface area contributed by atoms with Crippen LogP contribution in [0, 0.1) is 0 Å².